The SMILES string of the molecule is CC.CNC(=O)COc1cc2cc(Nc3nc(N4CCCC4)ncc3Cl)ccc2n(C)c1=O. The molecule has 10 heteroatoms. The Morgan fingerprint density at radius 1 is 1.21 bits per heavy atom. The van der Waals surface area contributed by atoms with E-state index < -0.39 is 0 Å². The van der Waals surface area contributed by atoms with Crippen molar-refractivity contribution in [1.29, 1.82) is 0 Å². The van der Waals surface area contributed by atoms with Crippen LogP contribution in [0.5, 0.6) is 5.75 Å². The predicted molar refractivity (Wildman–Crippen MR) is 132 cm³/mol. The lowest BCUT2D eigenvalue weighted by Crippen LogP contribution is -2.27. The van der Waals surface area contributed by atoms with Crippen LogP contribution in [0.15, 0.2) is 35.3 Å². The third-order valence-corrected chi connectivity index (χ3v) is 5.49. The number of rotatable bonds is 6. The number of likely N-dealkylation sites (N-methyl/N-ethyl adjacent to an activating group) is 1. The molecule has 1 saturated heterocycles. The third kappa shape index (κ3) is 5.54. The van der Waals surface area contributed by atoms with Crippen molar-refractivity contribution in [2.45, 2.75) is 26.7 Å². The Morgan fingerprint density at radius 2 is 1.94 bits per heavy atom. The molecule has 9 nitrogen and oxygen atoms in total. The summed E-state index contributed by atoms with van der Waals surface area (Å²) in [6.45, 7) is 5.64. The van der Waals surface area contributed by atoms with Crippen molar-refractivity contribution in [3.05, 3.63) is 45.8 Å². The summed E-state index contributed by atoms with van der Waals surface area (Å²) in [5.41, 5.74) is 1.16. The van der Waals surface area contributed by atoms with Gasteiger partial charge in [0.2, 0.25) is 5.95 Å². The predicted octanol–water partition coefficient (Wildman–Crippen LogP) is 3.48. The molecule has 0 atom stereocenters. The minimum absolute atomic E-state index is 0.104. The van der Waals surface area contributed by atoms with Gasteiger partial charge in [-0.25, -0.2) is 4.98 Å². The van der Waals surface area contributed by atoms with E-state index in [0.717, 1.165) is 42.5 Å². The second-order valence-electron chi connectivity index (χ2n) is 7.29. The van der Waals surface area contributed by atoms with E-state index in [4.69, 9.17) is 16.3 Å². The van der Waals surface area contributed by atoms with Crippen LogP contribution in [-0.2, 0) is 11.8 Å². The minimum atomic E-state index is -0.315. The first-order chi connectivity index (χ1) is 16.0. The first kappa shape index (κ1) is 24.3. The molecule has 1 aliphatic heterocycles. The van der Waals surface area contributed by atoms with Crippen molar-refractivity contribution in [3.63, 3.8) is 0 Å². The average Bonchev–Trinajstić information content (AvgIpc) is 3.38. The number of anilines is 3. The highest BCUT2D eigenvalue weighted by atomic mass is 35.5. The largest absolute Gasteiger partial charge is 0.478 e. The first-order valence-electron chi connectivity index (χ1n) is 11.0. The van der Waals surface area contributed by atoms with Crippen LogP contribution < -0.4 is 25.8 Å². The number of carbonyl (C=O) groups is 1. The van der Waals surface area contributed by atoms with E-state index >= 15 is 0 Å². The fourth-order valence-corrected chi connectivity index (χ4v) is 3.64. The maximum atomic E-state index is 12.5. The van der Waals surface area contributed by atoms with E-state index in [1.165, 1.54) is 11.6 Å². The maximum absolute atomic E-state index is 12.5. The number of carbonyl (C=O) groups excluding carboxylic acids is 1. The van der Waals surface area contributed by atoms with Crippen LogP contribution in [0.1, 0.15) is 26.7 Å². The highest BCUT2D eigenvalue weighted by molar-refractivity contribution is 6.32. The lowest BCUT2D eigenvalue weighted by molar-refractivity contribution is -0.122. The Labute approximate surface area is 197 Å². The van der Waals surface area contributed by atoms with Crippen LogP contribution in [0, 0.1) is 0 Å². The summed E-state index contributed by atoms with van der Waals surface area (Å²) in [6, 6.07) is 7.18. The lowest BCUT2D eigenvalue weighted by atomic mass is 10.2. The molecule has 2 N–H and O–H groups in total. The molecule has 0 aliphatic carbocycles. The van der Waals surface area contributed by atoms with Gasteiger partial charge in [-0.2, -0.15) is 4.98 Å². The smallest absolute Gasteiger partial charge is 0.293 e. The fourth-order valence-electron chi connectivity index (χ4n) is 3.50. The Morgan fingerprint density at radius 3 is 2.64 bits per heavy atom. The number of hydrogen-bond acceptors (Lipinski definition) is 7. The molecule has 1 aromatic carbocycles. The zero-order valence-electron chi connectivity index (χ0n) is 19.3. The minimum Gasteiger partial charge on any atom is -0.478 e. The number of hydrogen-bond donors (Lipinski definition) is 2. The Hall–Kier alpha value is -3.33. The Balaban J connectivity index is 0.00000149. The van der Waals surface area contributed by atoms with Gasteiger partial charge in [0.15, 0.2) is 18.2 Å². The summed E-state index contributed by atoms with van der Waals surface area (Å²) in [5, 5.41) is 6.88. The average molecular weight is 473 g/mol. The van der Waals surface area contributed by atoms with Crippen LogP contribution in [0.3, 0.4) is 0 Å². The molecular weight excluding hydrogens is 444 g/mol. The van der Waals surface area contributed by atoms with Gasteiger partial charge in [0, 0.05) is 38.3 Å². The zero-order chi connectivity index (χ0) is 24.0. The van der Waals surface area contributed by atoms with Gasteiger partial charge in [0.25, 0.3) is 11.5 Å². The number of nitrogens with one attached hydrogen (secondary N) is 2. The van der Waals surface area contributed by atoms with Gasteiger partial charge >= 0.3 is 0 Å². The molecule has 4 rings (SSSR count). The summed E-state index contributed by atoms with van der Waals surface area (Å²) >= 11 is 6.32. The van der Waals surface area contributed by atoms with Gasteiger partial charge in [-0.05, 0) is 37.1 Å². The van der Waals surface area contributed by atoms with Gasteiger partial charge in [-0.15, -0.1) is 0 Å². The van der Waals surface area contributed by atoms with E-state index in [0.29, 0.717) is 16.8 Å². The monoisotopic (exact) mass is 472 g/mol. The number of halogens is 1. The van der Waals surface area contributed by atoms with Crippen LogP contribution in [0.25, 0.3) is 10.9 Å². The molecule has 1 amide bonds. The van der Waals surface area contributed by atoms with Crippen LogP contribution in [0.2, 0.25) is 5.02 Å². The molecule has 2 aromatic heterocycles. The topological polar surface area (TPSA) is 101 Å². The molecule has 1 aliphatic rings. The molecule has 33 heavy (non-hydrogen) atoms. The first-order valence-corrected chi connectivity index (χ1v) is 11.4. The molecule has 0 radical (unpaired) electrons. The van der Waals surface area contributed by atoms with Crippen LogP contribution in [0.4, 0.5) is 17.5 Å². The number of fused-ring (bicyclic) bond motifs is 1. The highest BCUT2D eigenvalue weighted by Crippen LogP contribution is 2.28. The molecule has 176 valence electrons. The third-order valence-electron chi connectivity index (χ3n) is 5.21. The quantitative estimate of drug-likeness (QED) is 0.566. The van der Waals surface area contributed by atoms with Gasteiger partial charge in [-0.3, -0.25) is 9.59 Å². The molecule has 0 bridgehead atoms. The summed E-state index contributed by atoms with van der Waals surface area (Å²) in [6.07, 6.45) is 3.85. The van der Waals surface area contributed by atoms with E-state index in [9.17, 15) is 9.59 Å². The summed E-state index contributed by atoms with van der Waals surface area (Å²) in [5.74, 6) is 0.952. The van der Waals surface area contributed by atoms with Crippen molar-refractivity contribution >= 4 is 45.9 Å². The number of pyridine rings is 1. The van der Waals surface area contributed by atoms with Crippen molar-refractivity contribution in [2.75, 3.05) is 37.0 Å². The van der Waals surface area contributed by atoms with Crippen molar-refractivity contribution in [3.8, 4) is 5.75 Å². The number of aryl methyl sites for hydroxylation is 1. The molecule has 1 fully saturated rings. The molecule has 3 aromatic rings. The standard InChI is InChI=1S/C21H23ClN6O3.C2H6/c1-23-18(29)12-31-17-10-13-9-14(5-6-16(13)27(2)20(17)30)25-19-15(22)11-24-21(26-19)28-7-3-4-8-28;1-2/h5-6,9-11H,3-4,7-8,12H2,1-2H3,(H,23,29)(H,24,25,26);1-2H3. The second-order valence-corrected chi connectivity index (χ2v) is 7.70. The normalized spacial score (nSPS) is 12.8. The lowest BCUT2D eigenvalue weighted by Gasteiger charge is -2.17. The molecule has 3 heterocycles. The van der Waals surface area contributed by atoms with Crippen molar-refractivity contribution in [1.82, 2.24) is 19.9 Å². The number of nitrogens with zero attached hydrogens (tertiary/aromatic N) is 4. The maximum Gasteiger partial charge on any atom is 0.293 e. The van der Waals surface area contributed by atoms with Crippen molar-refractivity contribution in [2.24, 2.45) is 7.05 Å². The number of ether oxygens (including phenoxy) is 1. The highest BCUT2D eigenvalue weighted by Gasteiger charge is 2.17. The summed E-state index contributed by atoms with van der Waals surface area (Å²) in [7, 11) is 3.17. The summed E-state index contributed by atoms with van der Waals surface area (Å²) in [4.78, 5) is 35.1. The van der Waals surface area contributed by atoms with Gasteiger partial charge in [0.1, 0.15) is 5.02 Å². The van der Waals surface area contributed by atoms with E-state index in [1.54, 1.807) is 19.3 Å². The van der Waals surface area contributed by atoms with E-state index in [1.807, 2.05) is 32.0 Å². The molecule has 0 unspecified atom stereocenters. The zero-order valence-corrected chi connectivity index (χ0v) is 20.1. The number of amides is 1. The summed E-state index contributed by atoms with van der Waals surface area (Å²) < 4.78 is 6.90. The fraction of sp³-hybridized carbons (Fsp3) is 0.391. The number of benzene rings is 1. The van der Waals surface area contributed by atoms with Crippen LogP contribution in [-0.4, -0.2) is 47.2 Å². The molecule has 0 saturated carbocycles. The second kappa shape index (κ2) is 11.0. The van der Waals surface area contributed by atoms with Crippen molar-refractivity contribution < 1.29 is 9.53 Å². The van der Waals surface area contributed by atoms with Crippen LogP contribution >= 0.6 is 11.6 Å². The van der Waals surface area contributed by atoms with E-state index in [-0.39, 0.29) is 23.8 Å². The number of aromatic nitrogens is 3. The molecule has 0 spiro atoms. The van der Waals surface area contributed by atoms with E-state index in [2.05, 4.69) is 25.5 Å². The van der Waals surface area contributed by atoms with Gasteiger partial charge < -0.3 is 24.8 Å². The Kier molecular flexibility index (Phi) is 8.11. The Bertz CT molecular complexity index is 1190. The molecular formula is C23H29ClN6O3. The van der Waals surface area contributed by atoms with Gasteiger partial charge in [0.05, 0.1) is 11.7 Å². The van der Waals surface area contributed by atoms with Gasteiger partial charge in [-0.1, -0.05) is 25.4 Å².